The third kappa shape index (κ3) is 3.14. The highest BCUT2D eigenvalue weighted by Crippen LogP contribution is 2.43. The Kier molecular flexibility index (Phi) is 4.71. The van der Waals surface area contributed by atoms with Gasteiger partial charge < -0.3 is 0 Å². The zero-order valence-electron chi connectivity index (χ0n) is 14.0. The molecule has 138 valence electrons. The average molecular weight is 487 g/mol. The minimum absolute atomic E-state index is 0.147. The molecule has 1 unspecified atom stereocenters. The summed E-state index contributed by atoms with van der Waals surface area (Å²) in [5, 5.41) is 9.05. The number of aromatic nitrogens is 3. The zero-order chi connectivity index (χ0) is 19.3. The zero-order valence-corrected chi connectivity index (χ0v) is 17.8. The number of amides is 1. The third-order valence-corrected chi connectivity index (χ3v) is 5.74. The number of nitrogens with zero attached hydrogens (tertiary/aromatic N) is 4. The summed E-state index contributed by atoms with van der Waals surface area (Å²) in [6.45, 7) is 1.82. The summed E-state index contributed by atoms with van der Waals surface area (Å²) in [5.74, 6) is 0.151. The van der Waals surface area contributed by atoms with Crippen LogP contribution >= 0.6 is 50.7 Å². The number of hydrogen-bond acceptors (Lipinski definition) is 3. The van der Waals surface area contributed by atoms with Crippen molar-refractivity contribution in [1.82, 2.24) is 14.8 Å². The van der Waals surface area contributed by atoms with Crippen LogP contribution in [0.15, 0.2) is 46.9 Å². The number of carbonyl (C=O) groups is 1. The number of halogens is 4. The SMILES string of the molecule is CC1(Cc2ccc(Br)cc2)C(=O)N(c2cc(Cl)cc(Cl)c2)c2nnc(Cl)n21. The Morgan fingerprint density at radius 3 is 2.30 bits per heavy atom. The fourth-order valence-corrected chi connectivity index (χ4v) is 4.39. The van der Waals surface area contributed by atoms with E-state index in [2.05, 4.69) is 26.1 Å². The van der Waals surface area contributed by atoms with Gasteiger partial charge in [0.05, 0.1) is 5.69 Å². The van der Waals surface area contributed by atoms with Crippen molar-refractivity contribution in [3.05, 3.63) is 67.8 Å². The minimum atomic E-state index is -0.988. The van der Waals surface area contributed by atoms with Gasteiger partial charge in [0.2, 0.25) is 11.2 Å². The average Bonchev–Trinajstić information content (AvgIpc) is 3.07. The predicted octanol–water partition coefficient (Wildman–Crippen LogP) is 5.64. The minimum Gasteiger partial charge on any atom is -0.271 e. The number of fused-ring (bicyclic) bond motifs is 1. The van der Waals surface area contributed by atoms with Crippen LogP contribution in [0.5, 0.6) is 0 Å². The Hall–Kier alpha value is -1.60. The van der Waals surface area contributed by atoms with E-state index in [4.69, 9.17) is 34.8 Å². The van der Waals surface area contributed by atoms with Gasteiger partial charge in [0.1, 0.15) is 5.54 Å². The van der Waals surface area contributed by atoms with Crippen LogP contribution in [0.2, 0.25) is 15.3 Å². The first-order valence-electron chi connectivity index (χ1n) is 7.96. The maximum absolute atomic E-state index is 13.5. The number of hydrogen-bond donors (Lipinski definition) is 0. The summed E-state index contributed by atoms with van der Waals surface area (Å²) in [4.78, 5) is 14.9. The van der Waals surface area contributed by atoms with Crippen molar-refractivity contribution in [3.63, 3.8) is 0 Å². The predicted molar refractivity (Wildman–Crippen MR) is 110 cm³/mol. The Morgan fingerprint density at radius 1 is 1.04 bits per heavy atom. The summed E-state index contributed by atoms with van der Waals surface area (Å²) < 4.78 is 2.61. The van der Waals surface area contributed by atoms with Crippen molar-refractivity contribution >= 4 is 68.3 Å². The maximum atomic E-state index is 13.5. The van der Waals surface area contributed by atoms with E-state index in [1.54, 1.807) is 22.8 Å². The molecule has 2 aromatic carbocycles. The van der Waals surface area contributed by atoms with Gasteiger partial charge in [-0.1, -0.05) is 51.3 Å². The van der Waals surface area contributed by atoms with Crippen molar-refractivity contribution < 1.29 is 4.79 Å². The van der Waals surface area contributed by atoms with Gasteiger partial charge in [-0.3, -0.25) is 9.36 Å². The molecule has 0 aliphatic carbocycles. The van der Waals surface area contributed by atoms with Crippen LogP contribution in [0.4, 0.5) is 11.6 Å². The summed E-state index contributed by atoms with van der Waals surface area (Å²) >= 11 is 22.0. The molecule has 0 fully saturated rings. The molecular weight excluding hydrogens is 474 g/mol. The molecule has 0 saturated heterocycles. The highest BCUT2D eigenvalue weighted by Gasteiger charge is 2.50. The number of anilines is 2. The van der Waals surface area contributed by atoms with Crippen LogP contribution in [0.3, 0.4) is 0 Å². The molecule has 0 radical (unpaired) electrons. The van der Waals surface area contributed by atoms with Gasteiger partial charge in [0.15, 0.2) is 0 Å². The second-order valence-corrected chi connectivity index (χ2v) is 8.58. The van der Waals surface area contributed by atoms with Crippen LogP contribution in [0.1, 0.15) is 12.5 Å². The highest BCUT2D eigenvalue weighted by molar-refractivity contribution is 9.10. The number of rotatable bonds is 3. The van der Waals surface area contributed by atoms with Crippen molar-refractivity contribution in [2.75, 3.05) is 4.90 Å². The van der Waals surface area contributed by atoms with Gasteiger partial charge in [-0.25, -0.2) is 4.90 Å². The van der Waals surface area contributed by atoms with Crippen LogP contribution in [-0.4, -0.2) is 20.7 Å². The molecule has 1 aromatic heterocycles. The third-order valence-electron chi connectivity index (χ3n) is 4.53. The molecule has 5 nitrogen and oxygen atoms in total. The Bertz CT molecular complexity index is 1030. The first kappa shape index (κ1) is 18.7. The van der Waals surface area contributed by atoms with E-state index < -0.39 is 5.54 Å². The lowest BCUT2D eigenvalue weighted by Crippen LogP contribution is -2.41. The Labute approximate surface area is 179 Å². The van der Waals surface area contributed by atoms with Crippen molar-refractivity contribution in [2.24, 2.45) is 0 Å². The van der Waals surface area contributed by atoms with Gasteiger partial charge >= 0.3 is 0 Å². The van der Waals surface area contributed by atoms with E-state index in [9.17, 15) is 4.79 Å². The molecule has 3 aromatic rings. The summed E-state index contributed by atoms with van der Waals surface area (Å²) in [6, 6.07) is 12.7. The van der Waals surface area contributed by atoms with Crippen molar-refractivity contribution in [1.29, 1.82) is 0 Å². The molecular formula is C18H12BrCl3N4O. The molecule has 0 spiro atoms. The molecule has 0 saturated carbocycles. The van der Waals surface area contributed by atoms with E-state index in [0.29, 0.717) is 28.1 Å². The second kappa shape index (κ2) is 6.78. The second-order valence-electron chi connectivity index (χ2n) is 6.45. The molecule has 1 atom stereocenters. The molecule has 1 aliphatic rings. The first-order valence-corrected chi connectivity index (χ1v) is 9.89. The lowest BCUT2D eigenvalue weighted by atomic mass is 9.92. The standard InChI is InChI=1S/C18H12BrCl3N4O/c1-18(9-10-2-4-11(19)5-3-10)15(27)25(17-24-23-16(22)26(17)18)14-7-12(20)6-13(21)8-14/h2-8H,9H2,1H3. The van der Waals surface area contributed by atoms with E-state index in [-0.39, 0.29) is 11.2 Å². The molecule has 0 N–H and O–H groups in total. The lowest BCUT2D eigenvalue weighted by molar-refractivity contribution is -0.123. The smallest absolute Gasteiger partial charge is 0.260 e. The highest BCUT2D eigenvalue weighted by atomic mass is 79.9. The summed E-state index contributed by atoms with van der Waals surface area (Å²) in [5.41, 5.74) is 0.511. The molecule has 1 aliphatic heterocycles. The molecule has 1 amide bonds. The van der Waals surface area contributed by atoms with Gasteiger partial charge in [-0.05, 0) is 54.4 Å². The molecule has 9 heteroatoms. The monoisotopic (exact) mass is 484 g/mol. The van der Waals surface area contributed by atoms with Gasteiger partial charge in [0.25, 0.3) is 5.91 Å². The van der Waals surface area contributed by atoms with Crippen LogP contribution < -0.4 is 4.90 Å². The van der Waals surface area contributed by atoms with Gasteiger partial charge in [-0.15, -0.1) is 10.2 Å². The first-order chi connectivity index (χ1) is 12.8. The van der Waals surface area contributed by atoms with Gasteiger partial charge in [0, 0.05) is 20.9 Å². The van der Waals surface area contributed by atoms with E-state index >= 15 is 0 Å². The largest absolute Gasteiger partial charge is 0.271 e. The maximum Gasteiger partial charge on any atom is 0.260 e. The summed E-state index contributed by atoms with van der Waals surface area (Å²) in [7, 11) is 0. The fourth-order valence-electron chi connectivity index (χ4n) is 3.31. The molecule has 4 rings (SSSR count). The quantitative estimate of drug-likeness (QED) is 0.482. The van der Waals surface area contributed by atoms with Crippen LogP contribution in [0, 0.1) is 0 Å². The number of carbonyl (C=O) groups excluding carboxylic acids is 1. The van der Waals surface area contributed by atoms with Crippen LogP contribution in [0.25, 0.3) is 0 Å². The van der Waals surface area contributed by atoms with E-state index in [0.717, 1.165) is 10.0 Å². The van der Waals surface area contributed by atoms with Crippen LogP contribution in [-0.2, 0) is 16.8 Å². The van der Waals surface area contributed by atoms with Crippen molar-refractivity contribution in [2.45, 2.75) is 18.9 Å². The van der Waals surface area contributed by atoms with Gasteiger partial charge in [-0.2, -0.15) is 0 Å². The van der Waals surface area contributed by atoms with E-state index in [1.165, 1.54) is 4.90 Å². The topological polar surface area (TPSA) is 51.0 Å². The van der Waals surface area contributed by atoms with E-state index in [1.807, 2.05) is 31.2 Å². The fraction of sp³-hybridized carbons (Fsp3) is 0.167. The normalized spacial score (nSPS) is 18.9. The molecule has 27 heavy (non-hydrogen) atoms. The summed E-state index contributed by atoms with van der Waals surface area (Å²) in [6.07, 6.45) is 0.425. The molecule has 2 heterocycles. The Balaban J connectivity index is 1.83. The Morgan fingerprint density at radius 2 is 1.67 bits per heavy atom. The number of benzene rings is 2. The molecule has 0 bridgehead atoms. The van der Waals surface area contributed by atoms with Crippen molar-refractivity contribution in [3.8, 4) is 0 Å². The lowest BCUT2D eigenvalue weighted by Gasteiger charge is -2.25.